The molecule has 0 aliphatic carbocycles. The number of para-hydroxylation sites is 3. The predicted octanol–water partition coefficient (Wildman–Crippen LogP) is 15.6. The summed E-state index contributed by atoms with van der Waals surface area (Å²) in [6.07, 6.45) is 4.52. The van der Waals surface area contributed by atoms with Crippen LogP contribution in [0.3, 0.4) is 0 Å². The van der Waals surface area contributed by atoms with Crippen molar-refractivity contribution in [2.75, 3.05) is 4.90 Å². The first-order chi connectivity index (χ1) is 29.2. The van der Waals surface area contributed by atoms with E-state index in [-0.39, 0.29) is 0 Å². The maximum absolute atomic E-state index is 6.45. The van der Waals surface area contributed by atoms with Gasteiger partial charge in [0.2, 0.25) is 0 Å². The highest BCUT2D eigenvalue weighted by molar-refractivity contribution is 6.11. The van der Waals surface area contributed by atoms with Crippen LogP contribution in [-0.2, 0) is 0 Å². The molecule has 0 fully saturated rings. The van der Waals surface area contributed by atoms with Gasteiger partial charge in [-0.15, -0.1) is 0 Å². The lowest BCUT2D eigenvalue weighted by atomic mass is 9.96. The van der Waals surface area contributed by atoms with Gasteiger partial charge < -0.3 is 13.9 Å². The number of benzene rings is 9. The Morgan fingerprint density at radius 2 is 0.898 bits per heavy atom. The van der Waals surface area contributed by atoms with Gasteiger partial charge in [-0.2, -0.15) is 0 Å². The minimum atomic E-state index is 0.882. The molecule has 0 N–H and O–H groups in total. The molecule has 0 radical (unpaired) electrons. The van der Waals surface area contributed by atoms with Crippen molar-refractivity contribution < 1.29 is 4.42 Å². The fourth-order valence-electron chi connectivity index (χ4n) is 9.10. The lowest BCUT2D eigenvalue weighted by Crippen LogP contribution is -2.12. The average molecular weight is 753 g/mol. The summed E-state index contributed by atoms with van der Waals surface area (Å²) in [5.74, 6) is 0. The van der Waals surface area contributed by atoms with Crippen LogP contribution in [0.4, 0.5) is 17.1 Å². The molecule has 11 aromatic rings. The Kier molecular flexibility index (Phi) is 7.54. The molecule has 2 aromatic heterocycles. The summed E-state index contributed by atoms with van der Waals surface area (Å²) in [6.45, 7) is 0. The van der Waals surface area contributed by atoms with Gasteiger partial charge in [0.1, 0.15) is 11.2 Å². The quantitative estimate of drug-likeness (QED) is 0.175. The van der Waals surface area contributed by atoms with Crippen LogP contribution in [0.25, 0.3) is 95.0 Å². The van der Waals surface area contributed by atoms with Gasteiger partial charge in [-0.1, -0.05) is 140 Å². The number of nitrogens with zero attached hydrogens (tertiary/aromatic N) is 2. The maximum atomic E-state index is 6.45. The van der Waals surface area contributed by atoms with E-state index >= 15 is 0 Å². The zero-order valence-corrected chi connectivity index (χ0v) is 32.1. The summed E-state index contributed by atoms with van der Waals surface area (Å²) in [7, 11) is 0. The topological polar surface area (TPSA) is 21.3 Å². The Balaban J connectivity index is 1.07. The van der Waals surface area contributed by atoms with Crippen LogP contribution in [0.2, 0.25) is 0 Å². The molecule has 0 spiro atoms. The number of aromatic nitrogens is 1. The van der Waals surface area contributed by atoms with E-state index in [1.807, 2.05) is 6.07 Å². The molecule has 59 heavy (non-hydrogen) atoms. The number of rotatable bonds is 5. The summed E-state index contributed by atoms with van der Waals surface area (Å²) >= 11 is 0. The van der Waals surface area contributed by atoms with Gasteiger partial charge in [0.25, 0.3) is 0 Å². The monoisotopic (exact) mass is 752 g/mol. The smallest absolute Gasteiger partial charge is 0.136 e. The second kappa shape index (κ2) is 13.4. The molecule has 276 valence electrons. The molecule has 12 rings (SSSR count). The van der Waals surface area contributed by atoms with Crippen LogP contribution in [-0.4, -0.2) is 4.57 Å². The second-order valence-electron chi connectivity index (χ2n) is 15.4. The second-order valence-corrected chi connectivity index (χ2v) is 15.4. The number of hydrogen-bond donors (Lipinski definition) is 0. The van der Waals surface area contributed by atoms with Gasteiger partial charge in [0.15, 0.2) is 0 Å². The number of hydrogen-bond acceptors (Lipinski definition) is 2. The third-order valence-corrected chi connectivity index (χ3v) is 11.9. The molecule has 0 saturated heterocycles. The maximum Gasteiger partial charge on any atom is 0.136 e. The molecule has 0 amide bonds. The molecule has 0 atom stereocenters. The molecular formula is C56H36N2O. The van der Waals surface area contributed by atoms with Gasteiger partial charge in [0, 0.05) is 38.5 Å². The van der Waals surface area contributed by atoms with E-state index in [1.54, 1.807) is 0 Å². The molecule has 0 bridgehead atoms. The van der Waals surface area contributed by atoms with Gasteiger partial charge in [-0.05, 0) is 118 Å². The van der Waals surface area contributed by atoms with Gasteiger partial charge in [-0.3, -0.25) is 0 Å². The van der Waals surface area contributed by atoms with E-state index in [1.165, 1.54) is 44.1 Å². The van der Waals surface area contributed by atoms with Crippen LogP contribution >= 0.6 is 0 Å². The van der Waals surface area contributed by atoms with Crippen molar-refractivity contribution >= 4 is 73.0 Å². The van der Waals surface area contributed by atoms with Crippen molar-refractivity contribution in [3.8, 4) is 39.1 Å². The van der Waals surface area contributed by atoms with Crippen molar-refractivity contribution in [3.05, 3.63) is 217 Å². The van der Waals surface area contributed by atoms with E-state index in [9.17, 15) is 0 Å². The molecule has 3 heteroatoms. The highest BCUT2D eigenvalue weighted by Gasteiger charge is 2.24. The lowest BCUT2D eigenvalue weighted by molar-refractivity contribution is 0.669. The van der Waals surface area contributed by atoms with E-state index in [0.29, 0.717) is 0 Å². The largest absolute Gasteiger partial charge is 0.456 e. The molecule has 9 aromatic carbocycles. The van der Waals surface area contributed by atoms with E-state index in [0.717, 1.165) is 66.9 Å². The zero-order chi connectivity index (χ0) is 38.9. The Bertz CT molecular complexity index is 3370. The van der Waals surface area contributed by atoms with Crippen LogP contribution in [0.5, 0.6) is 0 Å². The molecule has 3 heterocycles. The van der Waals surface area contributed by atoms with Gasteiger partial charge >= 0.3 is 0 Å². The standard InChI is InChI=1S/C56H36N2O/c1-4-14-37(15-5-1)43-31-44(38-16-6-2-7-17-38)33-46(32-43)58-51-28-26-39(30-41(51)24-25-42-35-56-50(36-54(42)58)48-21-11-13-23-55(48)59-56)40-27-29-53-49(34-40)47-20-10-12-22-52(47)57(53)45-18-8-3-9-19-45/h1-36H. The van der Waals surface area contributed by atoms with Crippen molar-refractivity contribution in [1.29, 1.82) is 0 Å². The molecule has 0 saturated carbocycles. The summed E-state index contributed by atoms with van der Waals surface area (Å²) in [5, 5.41) is 4.70. The lowest BCUT2D eigenvalue weighted by Gasteiger charge is -2.29. The molecule has 3 nitrogen and oxygen atoms in total. The van der Waals surface area contributed by atoms with Crippen molar-refractivity contribution in [3.63, 3.8) is 0 Å². The third-order valence-electron chi connectivity index (χ3n) is 11.9. The van der Waals surface area contributed by atoms with Crippen LogP contribution in [0.1, 0.15) is 11.1 Å². The summed E-state index contributed by atoms with van der Waals surface area (Å²) < 4.78 is 8.82. The Labute approximate surface area is 342 Å². The number of furan rings is 1. The highest BCUT2D eigenvalue weighted by atomic mass is 16.3. The zero-order valence-electron chi connectivity index (χ0n) is 32.1. The highest BCUT2D eigenvalue weighted by Crippen LogP contribution is 2.48. The Morgan fingerprint density at radius 3 is 1.64 bits per heavy atom. The van der Waals surface area contributed by atoms with E-state index < -0.39 is 0 Å². The van der Waals surface area contributed by atoms with Crippen LogP contribution in [0, 0.1) is 0 Å². The molecular weight excluding hydrogens is 717 g/mol. The SMILES string of the molecule is C1=Cc2cc3oc4ccccc4c3cc2N(c2cc(-c3ccccc3)cc(-c3ccccc3)c2)c2ccc(-c3ccc4c(c3)c3ccccc3n4-c3ccccc3)cc21. The van der Waals surface area contributed by atoms with Crippen molar-refractivity contribution in [1.82, 2.24) is 4.57 Å². The minimum absolute atomic E-state index is 0.882. The van der Waals surface area contributed by atoms with Crippen molar-refractivity contribution in [2.45, 2.75) is 0 Å². The number of fused-ring (bicyclic) bond motifs is 8. The van der Waals surface area contributed by atoms with E-state index in [2.05, 4.69) is 222 Å². The third kappa shape index (κ3) is 5.51. The Hall–Kier alpha value is -7.88. The summed E-state index contributed by atoms with van der Waals surface area (Å²) in [6, 6.07) is 74.5. The first kappa shape index (κ1) is 33.3. The van der Waals surface area contributed by atoms with Crippen LogP contribution in [0.15, 0.2) is 211 Å². The first-order valence-corrected chi connectivity index (χ1v) is 20.2. The summed E-state index contributed by atoms with van der Waals surface area (Å²) in [4.78, 5) is 2.45. The summed E-state index contributed by atoms with van der Waals surface area (Å²) in [5.41, 5.74) is 17.9. The Morgan fingerprint density at radius 1 is 0.305 bits per heavy atom. The molecule has 0 unspecified atom stereocenters. The molecule has 1 aliphatic heterocycles. The number of anilines is 3. The first-order valence-electron chi connectivity index (χ1n) is 20.2. The van der Waals surface area contributed by atoms with E-state index in [4.69, 9.17) is 4.42 Å². The molecule has 1 aliphatic rings. The van der Waals surface area contributed by atoms with Gasteiger partial charge in [0.05, 0.1) is 22.4 Å². The predicted molar refractivity (Wildman–Crippen MR) is 248 cm³/mol. The minimum Gasteiger partial charge on any atom is -0.456 e. The fourth-order valence-corrected chi connectivity index (χ4v) is 9.10. The van der Waals surface area contributed by atoms with Crippen LogP contribution < -0.4 is 4.90 Å². The average Bonchev–Trinajstić information content (AvgIpc) is 3.78. The van der Waals surface area contributed by atoms with Crippen molar-refractivity contribution in [2.24, 2.45) is 0 Å². The normalized spacial score (nSPS) is 12.3. The fraction of sp³-hybridized carbons (Fsp3) is 0. The van der Waals surface area contributed by atoms with Gasteiger partial charge in [-0.25, -0.2) is 0 Å².